The van der Waals surface area contributed by atoms with E-state index in [1.165, 1.54) is 11.8 Å². The van der Waals surface area contributed by atoms with Crippen LogP contribution in [0.25, 0.3) is 16.4 Å². The number of thioether (sulfide) groups is 1. The van der Waals surface area contributed by atoms with E-state index in [9.17, 15) is 0 Å². The Morgan fingerprint density at radius 1 is 1.31 bits per heavy atom. The first-order valence-electron chi connectivity index (χ1n) is 7.67. The minimum absolute atomic E-state index is 0.465. The maximum Gasteiger partial charge on any atom is 0.237 e. The van der Waals surface area contributed by atoms with E-state index in [0.29, 0.717) is 28.4 Å². The number of hydrogen-bond acceptors (Lipinski definition) is 9. The van der Waals surface area contributed by atoms with E-state index in [-0.39, 0.29) is 0 Å². The summed E-state index contributed by atoms with van der Waals surface area (Å²) in [5, 5.41) is 18.6. The first kappa shape index (κ1) is 16.7. The van der Waals surface area contributed by atoms with E-state index in [4.69, 9.17) is 9.26 Å². The number of methoxy groups -OCH3 is 1. The highest BCUT2D eigenvalue weighted by atomic mass is 32.2. The lowest BCUT2D eigenvalue weighted by molar-refractivity contribution is 0.391. The Balaban J connectivity index is 1.54. The average molecular weight is 386 g/mol. The van der Waals surface area contributed by atoms with E-state index in [1.807, 2.05) is 42.6 Å². The minimum Gasteiger partial charge on any atom is -0.494 e. The molecule has 0 aliphatic carbocycles. The highest BCUT2D eigenvalue weighted by Crippen LogP contribution is 2.29. The maximum atomic E-state index is 5.42. The molecule has 0 radical (unpaired) electrons. The summed E-state index contributed by atoms with van der Waals surface area (Å²) >= 11 is 2.98. The predicted molar refractivity (Wildman–Crippen MR) is 97.6 cm³/mol. The van der Waals surface area contributed by atoms with Crippen molar-refractivity contribution in [2.75, 3.05) is 7.11 Å². The van der Waals surface area contributed by atoms with Crippen molar-refractivity contribution < 1.29 is 9.26 Å². The Labute approximate surface area is 157 Å². The lowest BCUT2D eigenvalue weighted by atomic mass is 10.2. The molecular weight excluding hydrogens is 372 g/mol. The Hall–Kier alpha value is -2.72. The number of aryl methyl sites for hydroxylation is 1. The zero-order valence-corrected chi connectivity index (χ0v) is 15.6. The fourth-order valence-corrected chi connectivity index (χ4v) is 3.70. The Bertz CT molecular complexity index is 1010. The Morgan fingerprint density at radius 2 is 2.23 bits per heavy atom. The van der Waals surface area contributed by atoms with Gasteiger partial charge in [-0.3, -0.25) is 0 Å². The fraction of sp³-hybridized carbons (Fsp3) is 0.188. The molecule has 0 fully saturated rings. The van der Waals surface area contributed by atoms with E-state index in [1.54, 1.807) is 23.1 Å². The van der Waals surface area contributed by atoms with Crippen molar-refractivity contribution in [3.05, 3.63) is 47.2 Å². The topological polar surface area (TPSA) is 91.8 Å². The summed E-state index contributed by atoms with van der Waals surface area (Å²) in [6.45, 7) is 2.00. The highest BCUT2D eigenvalue weighted by molar-refractivity contribution is 7.98. The summed E-state index contributed by atoms with van der Waals surface area (Å²) < 4.78 is 12.4. The van der Waals surface area contributed by atoms with Crippen molar-refractivity contribution >= 4 is 23.1 Å². The van der Waals surface area contributed by atoms with Gasteiger partial charge in [0.15, 0.2) is 0 Å². The second kappa shape index (κ2) is 7.26. The van der Waals surface area contributed by atoms with Crippen LogP contribution in [0.1, 0.15) is 11.5 Å². The molecule has 0 bridgehead atoms. The van der Waals surface area contributed by atoms with Gasteiger partial charge in [-0.1, -0.05) is 29.1 Å². The largest absolute Gasteiger partial charge is 0.494 e. The second-order valence-corrected chi connectivity index (χ2v) is 7.22. The average Bonchev–Trinajstić information content (AvgIpc) is 3.40. The van der Waals surface area contributed by atoms with Crippen LogP contribution in [0.4, 0.5) is 0 Å². The number of ether oxygens (including phenoxy) is 1. The number of rotatable bonds is 6. The lowest BCUT2D eigenvalue weighted by Gasteiger charge is -2.09. The molecule has 0 amide bonds. The maximum absolute atomic E-state index is 5.42. The monoisotopic (exact) mass is 386 g/mol. The summed E-state index contributed by atoms with van der Waals surface area (Å²) in [6.07, 6.45) is 0. The van der Waals surface area contributed by atoms with E-state index in [0.717, 1.165) is 16.1 Å². The lowest BCUT2D eigenvalue weighted by Crippen LogP contribution is -2.02. The molecule has 3 aromatic heterocycles. The molecule has 8 nitrogen and oxygen atoms in total. The van der Waals surface area contributed by atoms with Crippen LogP contribution in [0.3, 0.4) is 0 Å². The number of aromatic nitrogens is 6. The number of tetrazole rings is 1. The van der Waals surface area contributed by atoms with Gasteiger partial charge in [-0.25, -0.2) is 0 Å². The normalized spacial score (nSPS) is 11.0. The van der Waals surface area contributed by atoms with Gasteiger partial charge in [0.05, 0.1) is 17.7 Å². The van der Waals surface area contributed by atoms with Crippen LogP contribution in [0.15, 0.2) is 45.4 Å². The van der Waals surface area contributed by atoms with Crippen LogP contribution < -0.4 is 4.74 Å². The third-order valence-corrected chi connectivity index (χ3v) is 5.31. The highest BCUT2D eigenvalue weighted by Gasteiger charge is 2.16. The molecule has 0 saturated carbocycles. The second-order valence-electron chi connectivity index (χ2n) is 5.33. The van der Waals surface area contributed by atoms with Gasteiger partial charge in [-0.05, 0) is 46.5 Å². The van der Waals surface area contributed by atoms with Crippen molar-refractivity contribution in [3.63, 3.8) is 0 Å². The first-order chi connectivity index (χ1) is 12.7. The minimum atomic E-state index is 0.465. The van der Waals surface area contributed by atoms with E-state index < -0.39 is 0 Å². The summed E-state index contributed by atoms with van der Waals surface area (Å²) in [6, 6.07) is 9.75. The van der Waals surface area contributed by atoms with Crippen LogP contribution in [0.2, 0.25) is 0 Å². The van der Waals surface area contributed by atoms with E-state index in [2.05, 4.69) is 25.7 Å². The molecule has 0 unspecified atom stereocenters. The molecule has 3 heterocycles. The van der Waals surface area contributed by atoms with Crippen LogP contribution in [-0.4, -0.2) is 37.5 Å². The molecule has 0 atom stereocenters. The van der Waals surface area contributed by atoms with Crippen molar-refractivity contribution in [2.45, 2.75) is 17.8 Å². The smallest absolute Gasteiger partial charge is 0.237 e. The van der Waals surface area contributed by atoms with Gasteiger partial charge in [0, 0.05) is 0 Å². The summed E-state index contributed by atoms with van der Waals surface area (Å²) in [7, 11) is 1.62. The molecule has 0 aliphatic heterocycles. The SMILES string of the molecule is COc1ccc(C)cc1-n1nnnc1SCc1nc(-c2cccs2)no1. The summed E-state index contributed by atoms with van der Waals surface area (Å²) in [4.78, 5) is 5.38. The number of hydrogen-bond donors (Lipinski definition) is 0. The van der Waals surface area contributed by atoms with Gasteiger partial charge in [-0.2, -0.15) is 9.67 Å². The molecule has 4 aromatic rings. The quantitative estimate of drug-likeness (QED) is 0.466. The van der Waals surface area contributed by atoms with Gasteiger partial charge in [-0.15, -0.1) is 16.4 Å². The third kappa shape index (κ3) is 3.33. The molecular formula is C16H14N6O2S2. The standard InChI is InChI=1S/C16H14N6O2S2/c1-10-5-6-12(23-2)11(8-10)22-16(18-20-21-22)26-9-14-17-15(19-24-14)13-4-3-7-25-13/h3-8H,9H2,1-2H3. The van der Waals surface area contributed by atoms with Crippen molar-refractivity contribution in [1.29, 1.82) is 0 Å². The van der Waals surface area contributed by atoms with Gasteiger partial charge in [0.2, 0.25) is 16.9 Å². The van der Waals surface area contributed by atoms with Crippen molar-refractivity contribution in [2.24, 2.45) is 0 Å². The molecule has 0 spiro atoms. The molecule has 0 aliphatic rings. The van der Waals surface area contributed by atoms with Gasteiger partial charge < -0.3 is 9.26 Å². The number of thiophene rings is 1. The summed E-state index contributed by atoms with van der Waals surface area (Å²) in [5.74, 6) is 2.27. The van der Waals surface area contributed by atoms with Crippen molar-refractivity contribution in [1.82, 2.24) is 30.3 Å². The Morgan fingerprint density at radius 3 is 3.04 bits per heavy atom. The molecule has 4 rings (SSSR count). The number of nitrogens with zero attached hydrogens (tertiary/aromatic N) is 6. The van der Waals surface area contributed by atoms with Gasteiger partial charge in [0.25, 0.3) is 0 Å². The molecule has 132 valence electrons. The van der Waals surface area contributed by atoms with Gasteiger partial charge in [0.1, 0.15) is 11.4 Å². The van der Waals surface area contributed by atoms with Crippen LogP contribution in [0, 0.1) is 6.92 Å². The van der Waals surface area contributed by atoms with Crippen LogP contribution in [0.5, 0.6) is 5.75 Å². The molecule has 0 saturated heterocycles. The first-order valence-corrected chi connectivity index (χ1v) is 9.54. The zero-order chi connectivity index (χ0) is 17.9. The third-order valence-electron chi connectivity index (χ3n) is 3.54. The predicted octanol–water partition coefficient (Wildman–Crippen LogP) is 3.38. The Kier molecular flexibility index (Phi) is 4.67. The zero-order valence-electron chi connectivity index (χ0n) is 14.0. The molecule has 26 heavy (non-hydrogen) atoms. The fourth-order valence-electron chi connectivity index (χ4n) is 2.33. The summed E-state index contributed by atoms with van der Waals surface area (Å²) in [5.41, 5.74) is 1.87. The number of benzene rings is 1. The van der Waals surface area contributed by atoms with Crippen molar-refractivity contribution in [3.8, 4) is 22.1 Å². The van der Waals surface area contributed by atoms with Crippen LogP contribution in [-0.2, 0) is 5.75 Å². The molecule has 0 N–H and O–H groups in total. The van der Waals surface area contributed by atoms with Gasteiger partial charge >= 0.3 is 0 Å². The van der Waals surface area contributed by atoms with E-state index >= 15 is 0 Å². The molecule has 1 aromatic carbocycles. The molecule has 10 heteroatoms. The van der Waals surface area contributed by atoms with Crippen LogP contribution >= 0.6 is 23.1 Å².